The van der Waals surface area contributed by atoms with E-state index in [1.54, 1.807) is 11.3 Å². The highest BCUT2D eigenvalue weighted by molar-refractivity contribution is 7.15. The van der Waals surface area contributed by atoms with E-state index in [2.05, 4.69) is 19.2 Å². The lowest BCUT2D eigenvalue weighted by atomic mass is 9.54. The lowest BCUT2D eigenvalue weighted by molar-refractivity contribution is -0.149. The second-order valence-corrected chi connectivity index (χ2v) is 10.6. The minimum absolute atomic E-state index is 0.0157. The third-order valence-corrected chi connectivity index (χ3v) is 8.50. The molecule has 1 aromatic carbocycles. The molecule has 7 heteroatoms. The number of rotatable bonds is 4. The van der Waals surface area contributed by atoms with E-state index in [4.69, 9.17) is 14.5 Å². The second kappa shape index (κ2) is 7.62. The minimum Gasteiger partial charge on any atom is -0.484 e. The van der Waals surface area contributed by atoms with E-state index in [1.165, 1.54) is 4.88 Å². The first-order chi connectivity index (χ1) is 14.9. The topological polar surface area (TPSA) is 77.5 Å². The summed E-state index contributed by atoms with van der Waals surface area (Å²) in [5.74, 6) is 1.13. The highest BCUT2D eigenvalue weighted by Crippen LogP contribution is 2.59. The van der Waals surface area contributed by atoms with E-state index < -0.39 is 0 Å². The summed E-state index contributed by atoms with van der Waals surface area (Å²) in [4.78, 5) is 30.7. The maximum Gasteiger partial charge on any atom is 0.309 e. The van der Waals surface area contributed by atoms with Gasteiger partial charge >= 0.3 is 5.97 Å². The number of para-hydroxylation sites is 1. The van der Waals surface area contributed by atoms with E-state index in [1.807, 2.05) is 37.3 Å². The van der Waals surface area contributed by atoms with Gasteiger partial charge in [-0.1, -0.05) is 39.0 Å². The van der Waals surface area contributed by atoms with E-state index >= 15 is 0 Å². The molecular formula is C24H28N2O4S. The van der Waals surface area contributed by atoms with Gasteiger partial charge in [0.15, 0.2) is 11.7 Å². The van der Waals surface area contributed by atoms with E-state index in [-0.39, 0.29) is 47.8 Å². The van der Waals surface area contributed by atoms with Crippen molar-refractivity contribution in [3.8, 4) is 5.75 Å². The average molecular weight is 441 g/mol. The molecule has 1 aliphatic heterocycles. The zero-order valence-electron chi connectivity index (χ0n) is 18.1. The number of aromatic nitrogens is 1. The molecule has 3 aliphatic rings. The summed E-state index contributed by atoms with van der Waals surface area (Å²) < 4.78 is 11.4. The van der Waals surface area contributed by atoms with Gasteiger partial charge in [-0.2, -0.15) is 0 Å². The number of carbonyl (C=O) groups is 2. The Morgan fingerprint density at radius 3 is 2.84 bits per heavy atom. The molecule has 2 aromatic rings. The summed E-state index contributed by atoms with van der Waals surface area (Å²) in [6, 6.07) is 9.29. The van der Waals surface area contributed by atoms with Gasteiger partial charge in [0.2, 0.25) is 0 Å². The zero-order valence-corrected chi connectivity index (χ0v) is 18.9. The van der Waals surface area contributed by atoms with Crippen LogP contribution in [0.2, 0.25) is 0 Å². The van der Waals surface area contributed by atoms with Crippen molar-refractivity contribution < 1.29 is 19.1 Å². The van der Waals surface area contributed by atoms with Crippen molar-refractivity contribution >= 4 is 28.3 Å². The normalized spacial score (nSPS) is 33.6. The molecule has 2 aliphatic carbocycles. The third-order valence-electron chi connectivity index (χ3n) is 7.52. The number of amides is 1. The fraction of sp³-hybridized carbons (Fsp3) is 0.542. The molecule has 1 saturated carbocycles. The summed E-state index contributed by atoms with van der Waals surface area (Å²) in [6.07, 6.45) is 3.02. The first-order valence-corrected chi connectivity index (χ1v) is 11.9. The van der Waals surface area contributed by atoms with Crippen LogP contribution in [0, 0.1) is 23.2 Å². The minimum atomic E-state index is -0.218. The zero-order chi connectivity index (χ0) is 21.8. The van der Waals surface area contributed by atoms with Crippen molar-refractivity contribution in [2.45, 2.75) is 52.1 Å². The summed E-state index contributed by atoms with van der Waals surface area (Å²) >= 11 is 1.56. The van der Waals surface area contributed by atoms with E-state index in [9.17, 15) is 9.59 Å². The van der Waals surface area contributed by atoms with Crippen LogP contribution in [0.3, 0.4) is 0 Å². The Bertz CT molecular complexity index is 1010. The Hall–Kier alpha value is -2.41. The Kier molecular flexibility index (Phi) is 5.04. The van der Waals surface area contributed by atoms with Gasteiger partial charge in [-0.05, 0) is 36.8 Å². The number of ether oxygens (including phenoxy) is 2. The third kappa shape index (κ3) is 3.53. The van der Waals surface area contributed by atoms with Crippen molar-refractivity contribution in [3.63, 3.8) is 0 Å². The molecule has 6 atom stereocenters. The van der Waals surface area contributed by atoms with Gasteiger partial charge in [0, 0.05) is 22.6 Å². The quantitative estimate of drug-likeness (QED) is 0.713. The fourth-order valence-corrected chi connectivity index (χ4v) is 7.23. The number of thiazole rings is 1. The molecule has 0 spiro atoms. The lowest BCUT2D eigenvalue weighted by Crippen LogP contribution is -2.50. The maximum atomic E-state index is 12.4. The molecule has 1 saturated heterocycles. The van der Waals surface area contributed by atoms with Crippen LogP contribution in [0.1, 0.15) is 50.1 Å². The molecule has 1 aromatic heterocycles. The summed E-state index contributed by atoms with van der Waals surface area (Å²) in [5.41, 5.74) is 1.13. The molecule has 1 amide bonds. The van der Waals surface area contributed by atoms with Crippen molar-refractivity contribution in [2.75, 3.05) is 11.9 Å². The van der Waals surface area contributed by atoms with Gasteiger partial charge in [-0.3, -0.25) is 14.9 Å². The van der Waals surface area contributed by atoms with Crippen LogP contribution in [0.25, 0.3) is 0 Å². The molecular weight excluding hydrogens is 412 g/mol. The van der Waals surface area contributed by atoms with Crippen LogP contribution in [0.15, 0.2) is 30.3 Å². The first-order valence-electron chi connectivity index (χ1n) is 11.0. The van der Waals surface area contributed by atoms with Gasteiger partial charge in [0.05, 0.1) is 11.6 Å². The largest absolute Gasteiger partial charge is 0.484 e. The Morgan fingerprint density at radius 1 is 1.29 bits per heavy atom. The van der Waals surface area contributed by atoms with Gasteiger partial charge in [0.25, 0.3) is 5.91 Å². The summed E-state index contributed by atoms with van der Waals surface area (Å²) in [6.45, 7) is 6.48. The number of nitrogens with zero attached hydrogens (tertiary/aromatic N) is 1. The molecule has 164 valence electrons. The molecule has 0 radical (unpaired) electrons. The lowest BCUT2D eigenvalue weighted by Gasteiger charge is -2.51. The number of nitrogens with one attached hydrogen (secondary N) is 1. The van der Waals surface area contributed by atoms with Crippen LogP contribution in [0.4, 0.5) is 5.13 Å². The monoisotopic (exact) mass is 440 g/mol. The number of carbonyl (C=O) groups excluding carboxylic acids is 2. The van der Waals surface area contributed by atoms with Crippen LogP contribution in [-0.2, 0) is 20.7 Å². The molecule has 6 unspecified atom stereocenters. The van der Waals surface area contributed by atoms with Gasteiger partial charge < -0.3 is 9.47 Å². The van der Waals surface area contributed by atoms with Crippen LogP contribution in [-0.4, -0.2) is 29.6 Å². The number of fused-ring (bicyclic) bond motifs is 4. The fourth-order valence-electron chi connectivity index (χ4n) is 5.95. The number of hydrogen-bond acceptors (Lipinski definition) is 6. The Balaban J connectivity index is 1.32. The van der Waals surface area contributed by atoms with Crippen molar-refractivity contribution in [1.29, 1.82) is 0 Å². The average Bonchev–Trinajstić information content (AvgIpc) is 3.26. The summed E-state index contributed by atoms with van der Waals surface area (Å²) in [7, 11) is 0. The van der Waals surface area contributed by atoms with Crippen molar-refractivity contribution in [2.24, 2.45) is 23.2 Å². The number of benzene rings is 1. The number of anilines is 1. The predicted octanol–water partition coefficient (Wildman–Crippen LogP) is 4.41. The van der Waals surface area contributed by atoms with Crippen LogP contribution in [0.5, 0.6) is 5.75 Å². The Labute approximate surface area is 186 Å². The van der Waals surface area contributed by atoms with E-state index in [0.29, 0.717) is 16.8 Å². The smallest absolute Gasteiger partial charge is 0.309 e. The number of esters is 1. The van der Waals surface area contributed by atoms with Crippen molar-refractivity contribution in [3.05, 3.63) is 40.9 Å². The SMILES string of the molecule is CC1C(=O)OC2C1CCC1(C)Cc3sc(NC(=O)COc4ccccc4)nc3C(C)C21. The predicted molar refractivity (Wildman–Crippen MR) is 118 cm³/mol. The van der Waals surface area contributed by atoms with Gasteiger partial charge in [-0.25, -0.2) is 4.98 Å². The maximum absolute atomic E-state index is 12.4. The number of hydrogen-bond donors (Lipinski definition) is 1. The highest BCUT2D eigenvalue weighted by Gasteiger charge is 2.58. The molecule has 31 heavy (non-hydrogen) atoms. The molecule has 0 bridgehead atoms. The van der Waals surface area contributed by atoms with E-state index in [0.717, 1.165) is 25.0 Å². The van der Waals surface area contributed by atoms with Crippen LogP contribution < -0.4 is 10.1 Å². The molecule has 6 nitrogen and oxygen atoms in total. The van der Waals surface area contributed by atoms with Gasteiger partial charge in [0.1, 0.15) is 11.9 Å². The molecule has 5 rings (SSSR count). The molecule has 1 N–H and O–H groups in total. The Morgan fingerprint density at radius 2 is 2.06 bits per heavy atom. The van der Waals surface area contributed by atoms with Crippen LogP contribution >= 0.6 is 11.3 Å². The highest BCUT2D eigenvalue weighted by atomic mass is 32.1. The second-order valence-electron chi connectivity index (χ2n) is 9.52. The standard InChI is InChI=1S/C24H28N2O4S/c1-13-16-9-10-24(3)11-17-20(14(2)19(24)21(16)30-22(13)28)26-23(31-17)25-18(27)12-29-15-7-5-4-6-8-15/h4-8,13-14,16,19,21H,9-12H2,1-3H3,(H,25,26,27). The first kappa shape index (κ1) is 20.5. The molecule has 2 heterocycles. The van der Waals surface area contributed by atoms with Crippen molar-refractivity contribution in [1.82, 2.24) is 4.98 Å². The van der Waals surface area contributed by atoms with Gasteiger partial charge in [-0.15, -0.1) is 11.3 Å². The molecule has 2 fully saturated rings. The summed E-state index contributed by atoms with van der Waals surface area (Å²) in [5, 5.41) is 3.52.